The van der Waals surface area contributed by atoms with E-state index in [-0.39, 0.29) is 35.0 Å². The van der Waals surface area contributed by atoms with E-state index in [0.717, 1.165) is 17.3 Å². The quantitative estimate of drug-likeness (QED) is 0.222. The first-order chi connectivity index (χ1) is 19.3. The number of esters is 1. The highest BCUT2D eigenvalue weighted by Crippen LogP contribution is 2.37. The number of hydrogen-bond acceptors (Lipinski definition) is 7. The maximum absolute atomic E-state index is 13.7. The SMILES string of the molecule is COC(=O)[C@@H](OCc1nc(Nc2ccc(C(C)(C)C)cc2)c2ccc(-c3ncccc3C(F)(F)F)cc2n1)C(C)C. The number of benzene rings is 2. The monoisotopic (exact) mass is 566 g/mol. The lowest BCUT2D eigenvalue weighted by molar-refractivity contribution is -0.158. The molecule has 10 heteroatoms. The first kappa shape index (κ1) is 29.9. The molecule has 41 heavy (non-hydrogen) atoms. The Hall–Kier alpha value is -4.05. The van der Waals surface area contributed by atoms with Crippen LogP contribution in [-0.2, 0) is 32.5 Å². The molecule has 0 unspecified atom stereocenters. The van der Waals surface area contributed by atoms with E-state index in [0.29, 0.717) is 16.7 Å². The Kier molecular flexibility index (Phi) is 8.63. The van der Waals surface area contributed by atoms with Crippen molar-refractivity contribution in [3.8, 4) is 11.3 Å². The van der Waals surface area contributed by atoms with Crippen molar-refractivity contribution >= 4 is 28.4 Å². The zero-order chi connectivity index (χ0) is 29.9. The Morgan fingerprint density at radius 3 is 2.32 bits per heavy atom. The maximum Gasteiger partial charge on any atom is 0.418 e. The van der Waals surface area contributed by atoms with Crippen LogP contribution in [0.1, 0.15) is 51.6 Å². The van der Waals surface area contributed by atoms with Crippen LogP contribution in [0.5, 0.6) is 0 Å². The third-order valence-electron chi connectivity index (χ3n) is 6.57. The average molecular weight is 567 g/mol. The molecular weight excluding hydrogens is 533 g/mol. The Labute approximate surface area is 237 Å². The second-order valence-electron chi connectivity index (χ2n) is 11.1. The van der Waals surface area contributed by atoms with Crippen LogP contribution in [0.3, 0.4) is 0 Å². The topological polar surface area (TPSA) is 86.2 Å². The normalized spacial score (nSPS) is 12.9. The number of methoxy groups -OCH3 is 1. The molecule has 0 aliphatic carbocycles. The zero-order valence-corrected chi connectivity index (χ0v) is 23.8. The third-order valence-corrected chi connectivity index (χ3v) is 6.57. The van der Waals surface area contributed by atoms with E-state index in [1.165, 1.54) is 19.4 Å². The summed E-state index contributed by atoms with van der Waals surface area (Å²) in [5.41, 5.74) is 1.52. The van der Waals surface area contributed by atoms with Crippen molar-refractivity contribution in [3.05, 3.63) is 77.7 Å². The van der Waals surface area contributed by atoms with Gasteiger partial charge in [0.05, 0.1) is 23.9 Å². The highest BCUT2D eigenvalue weighted by atomic mass is 19.4. The second-order valence-corrected chi connectivity index (χ2v) is 11.1. The molecule has 0 amide bonds. The van der Waals surface area contributed by atoms with E-state index in [1.807, 2.05) is 38.1 Å². The van der Waals surface area contributed by atoms with E-state index >= 15 is 0 Å². The van der Waals surface area contributed by atoms with Gasteiger partial charge in [-0.3, -0.25) is 4.98 Å². The van der Waals surface area contributed by atoms with Crippen molar-refractivity contribution in [1.29, 1.82) is 0 Å². The van der Waals surface area contributed by atoms with Gasteiger partial charge in [0.1, 0.15) is 12.4 Å². The summed E-state index contributed by atoms with van der Waals surface area (Å²) in [6.45, 7) is 9.92. The van der Waals surface area contributed by atoms with Gasteiger partial charge >= 0.3 is 12.1 Å². The van der Waals surface area contributed by atoms with Crippen LogP contribution in [-0.4, -0.2) is 34.1 Å². The van der Waals surface area contributed by atoms with Gasteiger partial charge in [-0.15, -0.1) is 0 Å². The number of nitrogens with one attached hydrogen (secondary N) is 1. The fourth-order valence-corrected chi connectivity index (χ4v) is 4.35. The van der Waals surface area contributed by atoms with Crippen LogP contribution in [0.15, 0.2) is 60.8 Å². The van der Waals surface area contributed by atoms with Gasteiger partial charge in [0.15, 0.2) is 11.9 Å². The summed E-state index contributed by atoms with van der Waals surface area (Å²) in [7, 11) is 1.29. The number of carbonyl (C=O) groups excluding carboxylic acids is 1. The van der Waals surface area contributed by atoms with Crippen LogP contribution in [0, 0.1) is 5.92 Å². The molecule has 2 aromatic heterocycles. The Morgan fingerprint density at radius 2 is 1.71 bits per heavy atom. The van der Waals surface area contributed by atoms with Crippen LogP contribution in [0.4, 0.5) is 24.7 Å². The minimum absolute atomic E-state index is 0.0195. The Morgan fingerprint density at radius 1 is 1.00 bits per heavy atom. The summed E-state index contributed by atoms with van der Waals surface area (Å²) in [5, 5.41) is 3.90. The maximum atomic E-state index is 13.7. The molecule has 1 atom stereocenters. The number of carbonyl (C=O) groups is 1. The lowest BCUT2D eigenvalue weighted by Gasteiger charge is -2.20. The number of pyridine rings is 1. The number of rotatable bonds is 8. The molecule has 0 aliphatic heterocycles. The highest BCUT2D eigenvalue weighted by molar-refractivity contribution is 5.93. The molecule has 2 heterocycles. The lowest BCUT2D eigenvalue weighted by Crippen LogP contribution is -2.31. The van der Waals surface area contributed by atoms with Gasteiger partial charge in [-0.25, -0.2) is 14.8 Å². The van der Waals surface area contributed by atoms with Gasteiger partial charge in [-0.05, 0) is 53.3 Å². The van der Waals surface area contributed by atoms with Gasteiger partial charge in [0, 0.05) is 22.8 Å². The first-order valence-electron chi connectivity index (χ1n) is 13.2. The molecular formula is C31H33F3N4O3. The van der Waals surface area contributed by atoms with Gasteiger partial charge < -0.3 is 14.8 Å². The van der Waals surface area contributed by atoms with Crippen molar-refractivity contribution < 1.29 is 27.4 Å². The molecule has 4 rings (SSSR count). The number of hydrogen-bond donors (Lipinski definition) is 1. The summed E-state index contributed by atoms with van der Waals surface area (Å²) in [4.78, 5) is 25.5. The highest BCUT2D eigenvalue weighted by Gasteiger charge is 2.34. The van der Waals surface area contributed by atoms with Gasteiger partial charge in [-0.2, -0.15) is 13.2 Å². The number of halogens is 3. The van der Waals surface area contributed by atoms with Crippen LogP contribution >= 0.6 is 0 Å². The van der Waals surface area contributed by atoms with Crippen LogP contribution < -0.4 is 5.32 Å². The zero-order valence-electron chi connectivity index (χ0n) is 23.8. The van der Waals surface area contributed by atoms with E-state index in [2.05, 4.69) is 41.0 Å². The standard InChI is InChI=1S/C31H33F3N4O3/c1-18(2)27(29(39)40-6)41-17-25-37-24-16-19(26-23(31(32,33)34)8-7-15-35-26)9-14-22(24)28(38-25)36-21-12-10-20(11-13-21)30(3,4)5/h7-16,18,27H,17H2,1-6H3,(H,36,37,38)/t27-/m0/s1. The number of anilines is 2. The minimum atomic E-state index is -4.57. The van der Waals surface area contributed by atoms with Crippen molar-refractivity contribution in [1.82, 2.24) is 15.0 Å². The van der Waals surface area contributed by atoms with Crippen molar-refractivity contribution in [2.75, 3.05) is 12.4 Å². The van der Waals surface area contributed by atoms with Crippen LogP contribution in [0.25, 0.3) is 22.2 Å². The van der Waals surface area contributed by atoms with Gasteiger partial charge in [0.2, 0.25) is 0 Å². The average Bonchev–Trinajstić information content (AvgIpc) is 2.92. The van der Waals surface area contributed by atoms with E-state index in [1.54, 1.807) is 18.2 Å². The summed E-state index contributed by atoms with van der Waals surface area (Å²) < 4.78 is 51.9. The van der Waals surface area contributed by atoms with Gasteiger partial charge in [0.25, 0.3) is 0 Å². The molecule has 0 fully saturated rings. The molecule has 0 saturated heterocycles. The molecule has 0 radical (unpaired) electrons. The van der Waals surface area contributed by atoms with E-state index in [4.69, 9.17) is 9.47 Å². The molecule has 1 N–H and O–H groups in total. The largest absolute Gasteiger partial charge is 0.467 e. The second kappa shape index (κ2) is 11.8. The number of fused-ring (bicyclic) bond motifs is 1. The number of alkyl halides is 3. The van der Waals surface area contributed by atoms with Crippen molar-refractivity contribution in [2.45, 2.75) is 58.9 Å². The minimum Gasteiger partial charge on any atom is -0.467 e. The molecule has 216 valence electrons. The summed E-state index contributed by atoms with van der Waals surface area (Å²) in [6, 6.07) is 15.0. The first-order valence-corrected chi connectivity index (χ1v) is 13.2. The fraction of sp³-hybridized carbons (Fsp3) is 0.355. The Bertz CT molecular complexity index is 1530. The number of ether oxygens (including phenoxy) is 2. The predicted octanol–water partition coefficient (Wildman–Crippen LogP) is 7.47. The van der Waals surface area contributed by atoms with Gasteiger partial charge in [-0.1, -0.05) is 52.8 Å². The van der Waals surface area contributed by atoms with Crippen LogP contribution in [0.2, 0.25) is 0 Å². The predicted molar refractivity (Wildman–Crippen MR) is 152 cm³/mol. The molecule has 7 nitrogen and oxygen atoms in total. The smallest absolute Gasteiger partial charge is 0.418 e. The van der Waals surface area contributed by atoms with E-state index in [9.17, 15) is 18.0 Å². The molecule has 0 saturated carbocycles. The summed E-state index contributed by atoms with van der Waals surface area (Å²) in [6.07, 6.45) is -4.09. The van der Waals surface area contributed by atoms with Crippen molar-refractivity contribution in [2.24, 2.45) is 5.92 Å². The molecule has 4 aromatic rings. The number of nitrogens with zero attached hydrogens (tertiary/aromatic N) is 3. The molecule has 0 spiro atoms. The third kappa shape index (κ3) is 7.00. The fourth-order valence-electron chi connectivity index (χ4n) is 4.35. The molecule has 2 aromatic carbocycles. The lowest BCUT2D eigenvalue weighted by atomic mass is 9.87. The Balaban J connectivity index is 1.79. The summed E-state index contributed by atoms with van der Waals surface area (Å²) in [5.74, 6) is 0.00328. The van der Waals surface area contributed by atoms with E-state index < -0.39 is 23.8 Å². The molecule has 0 bridgehead atoms. The summed E-state index contributed by atoms with van der Waals surface area (Å²) >= 11 is 0. The number of aromatic nitrogens is 3. The molecule has 0 aliphatic rings. The van der Waals surface area contributed by atoms with Crippen molar-refractivity contribution in [3.63, 3.8) is 0 Å².